The molecule has 0 aromatic heterocycles. The van der Waals surface area contributed by atoms with Gasteiger partial charge in [-0.3, -0.25) is 0 Å². The second kappa shape index (κ2) is 6.16. The Morgan fingerprint density at radius 2 is 1.75 bits per heavy atom. The lowest BCUT2D eigenvalue weighted by atomic mass is 9.85. The standard InChI is InChI=1S/C21H23NO2/c1-13(2)22-15(4)11-14(3)19-12-18(9-10-20(19)22)16-5-7-17(8-6-16)21(23)24/h5-10,12,14-15H,1,11H2,2-4H3,(H,23,24). The number of anilines is 1. The van der Waals surface area contributed by atoms with Crippen molar-refractivity contribution in [1.82, 2.24) is 0 Å². The number of carbonyl (C=O) groups is 1. The molecule has 0 spiro atoms. The Morgan fingerprint density at radius 1 is 1.12 bits per heavy atom. The van der Waals surface area contributed by atoms with Gasteiger partial charge in [-0.2, -0.15) is 0 Å². The zero-order chi connectivity index (χ0) is 17.4. The van der Waals surface area contributed by atoms with Crippen molar-refractivity contribution in [3.8, 4) is 11.1 Å². The van der Waals surface area contributed by atoms with Gasteiger partial charge in [-0.15, -0.1) is 0 Å². The van der Waals surface area contributed by atoms with Gasteiger partial charge in [-0.05, 0) is 67.1 Å². The van der Waals surface area contributed by atoms with E-state index in [1.54, 1.807) is 12.1 Å². The normalized spacial score (nSPS) is 19.7. The molecule has 3 heteroatoms. The van der Waals surface area contributed by atoms with E-state index in [9.17, 15) is 4.79 Å². The Morgan fingerprint density at radius 3 is 2.33 bits per heavy atom. The highest BCUT2D eigenvalue weighted by molar-refractivity contribution is 5.88. The zero-order valence-corrected chi connectivity index (χ0v) is 14.4. The van der Waals surface area contributed by atoms with Crippen LogP contribution in [0.3, 0.4) is 0 Å². The summed E-state index contributed by atoms with van der Waals surface area (Å²) < 4.78 is 0. The summed E-state index contributed by atoms with van der Waals surface area (Å²) in [6, 6.07) is 14.0. The fraction of sp³-hybridized carbons (Fsp3) is 0.286. The van der Waals surface area contributed by atoms with E-state index in [-0.39, 0.29) is 0 Å². The van der Waals surface area contributed by atoms with Gasteiger partial charge in [0, 0.05) is 17.4 Å². The van der Waals surface area contributed by atoms with Crippen LogP contribution >= 0.6 is 0 Å². The summed E-state index contributed by atoms with van der Waals surface area (Å²) in [6.45, 7) is 10.7. The van der Waals surface area contributed by atoms with Crippen LogP contribution in [0.2, 0.25) is 0 Å². The van der Waals surface area contributed by atoms with Gasteiger partial charge >= 0.3 is 5.97 Å². The van der Waals surface area contributed by atoms with E-state index in [4.69, 9.17) is 5.11 Å². The molecule has 0 saturated carbocycles. The van der Waals surface area contributed by atoms with Gasteiger partial charge in [0.05, 0.1) is 5.56 Å². The zero-order valence-electron chi connectivity index (χ0n) is 14.4. The van der Waals surface area contributed by atoms with Crippen LogP contribution in [0.1, 0.15) is 49.0 Å². The number of allylic oxidation sites excluding steroid dienone is 1. The number of nitrogens with zero attached hydrogens (tertiary/aromatic N) is 1. The van der Waals surface area contributed by atoms with E-state index in [1.807, 2.05) is 12.1 Å². The molecule has 24 heavy (non-hydrogen) atoms. The van der Waals surface area contributed by atoms with E-state index in [0.717, 1.165) is 23.2 Å². The van der Waals surface area contributed by atoms with Gasteiger partial charge in [0.25, 0.3) is 0 Å². The van der Waals surface area contributed by atoms with Gasteiger partial charge in [-0.25, -0.2) is 4.79 Å². The Kier molecular flexibility index (Phi) is 4.18. The third-order valence-corrected chi connectivity index (χ3v) is 4.83. The number of carboxylic acid groups (broad SMARTS) is 1. The SMILES string of the molecule is C=C(C)N1c2ccc(-c3ccc(C(=O)O)cc3)cc2C(C)CC1C. The van der Waals surface area contributed by atoms with Crippen molar-refractivity contribution in [2.75, 3.05) is 4.90 Å². The molecule has 0 fully saturated rings. The van der Waals surface area contributed by atoms with Crippen LogP contribution in [0.15, 0.2) is 54.7 Å². The van der Waals surface area contributed by atoms with Crippen molar-refractivity contribution in [2.45, 2.75) is 39.2 Å². The second-order valence-corrected chi connectivity index (χ2v) is 6.75. The van der Waals surface area contributed by atoms with Gasteiger partial charge in [0.2, 0.25) is 0 Å². The maximum Gasteiger partial charge on any atom is 0.335 e. The third-order valence-electron chi connectivity index (χ3n) is 4.83. The molecule has 3 rings (SSSR count). The van der Waals surface area contributed by atoms with Gasteiger partial charge in [0.15, 0.2) is 0 Å². The molecule has 1 aliphatic heterocycles. The predicted octanol–water partition coefficient (Wildman–Crippen LogP) is 5.29. The summed E-state index contributed by atoms with van der Waals surface area (Å²) in [5, 5.41) is 9.03. The first-order valence-electron chi connectivity index (χ1n) is 8.31. The quantitative estimate of drug-likeness (QED) is 0.835. The molecular weight excluding hydrogens is 298 g/mol. The summed E-state index contributed by atoms with van der Waals surface area (Å²) in [5.41, 5.74) is 6.10. The molecule has 2 atom stereocenters. The van der Waals surface area contributed by atoms with Crippen LogP contribution in [0.4, 0.5) is 5.69 Å². The van der Waals surface area contributed by atoms with Crippen molar-refractivity contribution in [1.29, 1.82) is 0 Å². The van der Waals surface area contributed by atoms with Crippen LogP contribution in [0, 0.1) is 0 Å². The molecule has 1 N–H and O–H groups in total. The molecule has 2 aromatic rings. The van der Waals surface area contributed by atoms with Crippen molar-refractivity contribution >= 4 is 11.7 Å². The van der Waals surface area contributed by atoms with Crippen molar-refractivity contribution in [3.63, 3.8) is 0 Å². The van der Waals surface area contributed by atoms with Crippen LogP contribution < -0.4 is 4.90 Å². The average molecular weight is 321 g/mol. The highest BCUT2D eigenvalue weighted by atomic mass is 16.4. The smallest absolute Gasteiger partial charge is 0.335 e. The first-order chi connectivity index (χ1) is 11.4. The summed E-state index contributed by atoms with van der Waals surface area (Å²) in [6.07, 6.45) is 1.10. The Bertz CT molecular complexity index is 792. The molecule has 2 unspecified atom stereocenters. The highest BCUT2D eigenvalue weighted by Gasteiger charge is 2.28. The van der Waals surface area contributed by atoms with Crippen LogP contribution in [-0.2, 0) is 0 Å². The number of fused-ring (bicyclic) bond motifs is 1. The Balaban J connectivity index is 2.03. The Hall–Kier alpha value is -2.55. The fourth-order valence-electron chi connectivity index (χ4n) is 3.72. The number of carboxylic acids is 1. The fourth-order valence-corrected chi connectivity index (χ4v) is 3.72. The van der Waals surface area contributed by atoms with Crippen molar-refractivity contribution < 1.29 is 9.90 Å². The van der Waals surface area contributed by atoms with E-state index in [1.165, 1.54) is 11.3 Å². The largest absolute Gasteiger partial charge is 0.478 e. The molecule has 0 aliphatic carbocycles. The molecule has 1 aliphatic rings. The minimum absolute atomic E-state index is 0.312. The molecule has 0 bridgehead atoms. The minimum atomic E-state index is -0.897. The lowest BCUT2D eigenvalue weighted by Gasteiger charge is -2.40. The number of rotatable bonds is 3. The number of hydrogen-bond donors (Lipinski definition) is 1. The van der Waals surface area contributed by atoms with Crippen LogP contribution in [0.5, 0.6) is 0 Å². The number of aromatic carboxylic acids is 1. The van der Waals surface area contributed by atoms with Gasteiger partial charge in [0.1, 0.15) is 0 Å². The summed E-state index contributed by atoms with van der Waals surface area (Å²) >= 11 is 0. The van der Waals surface area contributed by atoms with Crippen molar-refractivity contribution in [3.05, 3.63) is 65.9 Å². The summed E-state index contributed by atoms with van der Waals surface area (Å²) in [7, 11) is 0. The molecule has 3 nitrogen and oxygen atoms in total. The molecular formula is C21H23NO2. The first kappa shape index (κ1) is 16.3. The van der Waals surface area contributed by atoms with E-state index >= 15 is 0 Å². The van der Waals surface area contributed by atoms with Crippen LogP contribution in [0.25, 0.3) is 11.1 Å². The van der Waals surface area contributed by atoms with Gasteiger partial charge < -0.3 is 10.0 Å². The lowest BCUT2D eigenvalue weighted by molar-refractivity contribution is 0.0697. The van der Waals surface area contributed by atoms with Gasteiger partial charge in [-0.1, -0.05) is 31.7 Å². The molecule has 0 radical (unpaired) electrons. The minimum Gasteiger partial charge on any atom is -0.478 e. The monoisotopic (exact) mass is 321 g/mol. The topological polar surface area (TPSA) is 40.5 Å². The maximum atomic E-state index is 11.0. The van der Waals surface area contributed by atoms with Crippen LogP contribution in [-0.4, -0.2) is 17.1 Å². The lowest BCUT2D eigenvalue weighted by Crippen LogP contribution is -2.36. The Labute approximate surface area is 143 Å². The number of benzene rings is 2. The second-order valence-electron chi connectivity index (χ2n) is 6.75. The molecule has 1 heterocycles. The molecule has 0 saturated heterocycles. The highest BCUT2D eigenvalue weighted by Crippen LogP contribution is 2.41. The van der Waals surface area contributed by atoms with E-state index in [2.05, 4.69) is 50.4 Å². The van der Waals surface area contributed by atoms with Crippen molar-refractivity contribution in [2.24, 2.45) is 0 Å². The summed E-state index contributed by atoms with van der Waals surface area (Å²) in [4.78, 5) is 13.3. The maximum absolute atomic E-state index is 11.0. The first-order valence-corrected chi connectivity index (χ1v) is 8.31. The summed E-state index contributed by atoms with van der Waals surface area (Å²) in [5.74, 6) is -0.407. The predicted molar refractivity (Wildman–Crippen MR) is 98.6 cm³/mol. The average Bonchev–Trinajstić information content (AvgIpc) is 2.54. The van der Waals surface area contributed by atoms with E-state index in [0.29, 0.717) is 17.5 Å². The molecule has 2 aromatic carbocycles. The molecule has 0 amide bonds. The molecule has 124 valence electrons. The van der Waals surface area contributed by atoms with E-state index < -0.39 is 5.97 Å². The third kappa shape index (κ3) is 2.82. The number of hydrogen-bond acceptors (Lipinski definition) is 2.